The normalized spacial score (nSPS) is 13.3. The highest BCUT2D eigenvalue weighted by Gasteiger charge is 2.23. The molecule has 3 atom stereocenters. The quantitative estimate of drug-likeness (QED) is 0.0512. The molecule has 0 aromatic rings. The summed E-state index contributed by atoms with van der Waals surface area (Å²) in [6.07, 6.45) is 38.3. The Hall–Kier alpha value is -1.10. The summed E-state index contributed by atoms with van der Waals surface area (Å²) >= 11 is 0. The largest absolute Gasteiger partial charge is 0.465 e. The Balaban J connectivity index is 4.64. The van der Waals surface area contributed by atoms with Gasteiger partial charge in [0.05, 0.1) is 19.6 Å². The number of unbranched alkanes of at least 4 members (excludes halogenated alkanes) is 24. The van der Waals surface area contributed by atoms with Crippen LogP contribution in [0.5, 0.6) is 0 Å². The molecular weight excluding hydrogens is 608 g/mol. The van der Waals surface area contributed by atoms with E-state index in [9.17, 15) is 14.7 Å². The molecule has 0 radical (unpaired) electrons. The van der Waals surface area contributed by atoms with Crippen LogP contribution in [-0.4, -0.2) is 36.4 Å². The average Bonchev–Trinajstić information content (AvgIpc) is 3.10. The van der Waals surface area contributed by atoms with Crippen molar-refractivity contribution in [1.29, 1.82) is 0 Å². The van der Waals surface area contributed by atoms with Crippen molar-refractivity contribution in [3.05, 3.63) is 0 Å². The standard InChI is InChI=1S/C44H86O5/c1-5-9-13-17-21-23-27-31-34-40(33-29-25-19-15-11-7-3)38-48-43(46)37-42(45)44(47)49-39-41(35-30-26-20-16-12-8-4)36-32-28-24-22-18-14-10-6-2/h40-42,45H,5-39H2,1-4H3. The summed E-state index contributed by atoms with van der Waals surface area (Å²) < 4.78 is 11.3. The van der Waals surface area contributed by atoms with Crippen LogP contribution in [0, 0.1) is 11.8 Å². The molecule has 0 bridgehead atoms. The fourth-order valence-corrected chi connectivity index (χ4v) is 6.99. The van der Waals surface area contributed by atoms with Crippen LogP contribution in [0.25, 0.3) is 0 Å². The van der Waals surface area contributed by atoms with Crippen LogP contribution in [0.1, 0.15) is 240 Å². The third kappa shape index (κ3) is 33.8. The van der Waals surface area contributed by atoms with E-state index in [4.69, 9.17) is 9.47 Å². The van der Waals surface area contributed by atoms with Gasteiger partial charge in [0.1, 0.15) is 0 Å². The summed E-state index contributed by atoms with van der Waals surface area (Å²) in [4.78, 5) is 25.4. The molecule has 0 fully saturated rings. The van der Waals surface area contributed by atoms with Gasteiger partial charge in [0, 0.05) is 0 Å². The number of hydrogen-bond acceptors (Lipinski definition) is 5. The third-order valence-electron chi connectivity index (χ3n) is 10.4. The highest BCUT2D eigenvalue weighted by Crippen LogP contribution is 2.22. The molecule has 0 rings (SSSR count). The highest BCUT2D eigenvalue weighted by molar-refractivity contribution is 5.81. The molecule has 49 heavy (non-hydrogen) atoms. The average molecular weight is 695 g/mol. The second kappa shape index (κ2) is 38.1. The van der Waals surface area contributed by atoms with Crippen LogP contribution in [0.15, 0.2) is 0 Å². The number of esters is 2. The van der Waals surface area contributed by atoms with Gasteiger partial charge in [-0.2, -0.15) is 0 Å². The Labute approximate surface area is 306 Å². The minimum Gasteiger partial charge on any atom is -0.465 e. The van der Waals surface area contributed by atoms with E-state index in [0.29, 0.717) is 25.0 Å². The first-order valence-corrected chi connectivity index (χ1v) is 22.0. The molecule has 292 valence electrons. The smallest absolute Gasteiger partial charge is 0.335 e. The summed E-state index contributed by atoms with van der Waals surface area (Å²) in [6.45, 7) is 9.75. The van der Waals surface area contributed by atoms with Crippen LogP contribution in [-0.2, 0) is 19.1 Å². The molecule has 0 aromatic carbocycles. The summed E-state index contributed by atoms with van der Waals surface area (Å²) in [5.41, 5.74) is 0. The summed E-state index contributed by atoms with van der Waals surface area (Å²) in [5.74, 6) is -0.480. The van der Waals surface area contributed by atoms with Crippen LogP contribution >= 0.6 is 0 Å². The maximum absolute atomic E-state index is 12.7. The monoisotopic (exact) mass is 695 g/mol. The fraction of sp³-hybridized carbons (Fsp3) is 0.955. The van der Waals surface area contributed by atoms with Crippen molar-refractivity contribution in [3.8, 4) is 0 Å². The van der Waals surface area contributed by atoms with Gasteiger partial charge in [-0.05, 0) is 37.5 Å². The molecular formula is C44H86O5. The number of hydrogen-bond donors (Lipinski definition) is 1. The lowest BCUT2D eigenvalue weighted by atomic mass is 9.94. The van der Waals surface area contributed by atoms with Gasteiger partial charge in [0.15, 0.2) is 6.10 Å². The lowest BCUT2D eigenvalue weighted by Gasteiger charge is -2.19. The first-order chi connectivity index (χ1) is 24.0. The molecule has 0 aliphatic carbocycles. The van der Waals surface area contributed by atoms with Crippen molar-refractivity contribution in [2.75, 3.05) is 13.2 Å². The van der Waals surface area contributed by atoms with Crippen molar-refractivity contribution in [2.24, 2.45) is 11.8 Å². The van der Waals surface area contributed by atoms with Gasteiger partial charge in [0.2, 0.25) is 0 Å². The molecule has 1 N–H and O–H groups in total. The topological polar surface area (TPSA) is 72.8 Å². The Kier molecular flexibility index (Phi) is 37.3. The summed E-state index contributed by atoms with van der Waals surface area (Å²) in [5, 5.41) is 10.5. The van der Waals surface area contributed by atoms with Crippen molar-refractivity contribution in [1.82, 2.24) is 0 Å². The van der Waals surface area contributed by atoms with Gasteiger partial charge >= 0.3 is 11.9 Å². The number of rotatable bonds is 39. The highest BCUT2D eigenvalue weighted by atomic mass is 16.6. The number of aliphatic hydroxyl groups excluding tert-OH is 1. The minimum absolute atomic E-state index is 0.319. The SMILES string of the molecule is CCCCCCCCCCC(CCCCCCCC)COC(=O)CC(O)C(=O)OCC(CCCCCCCC)CCCCCCCCCC. The zero-order chi connectivity index (χ0) is 36.0. The first-order valence-electron chi connectivity index (χ1n) is 22.0. The van der Waals surface area contributed by atoms with E-state index in [1.54, 1.807) is 0 Å². The number of aliphatic hydroxyl groups is 1. The maximum atomic E-state index is 12.7. The van der Waals surface area contributed by atoms with Gasteiger partial charge in [-0.15, -0.1) is 0 Å². The van der Waals surface area contributed by atoms with Gasteiger partial charge in [0.25, 0.3) is 0 Å². The van der Waals surface area contributed by atoms with Crippen LogP contribution in [0.3, 0.4) is 0 Å². The second-order valence-electron chi connectivity index (χ2n) is 15.4. The zero-order valence-electron chi connectivity index (χ0n) is 33.6. The van der Waals surface area contributed by atoms with E-state index in [-0.39, 0.29) is 6.42 Å². The zero-order valence-corrected chi connectivity index (χ0v) is 33.6. The van der Waals surface area contributed by atoms with E-state index < -0.39 is 18.0 Å². The molecule has 0 aromatic heterocycles. The van der Waals surface area contributed by atoms with E-state index in [0.717, 1.165) is 32.1 Å². The van der Waals surface area contributed by atoms with Gasteiger partial charge < -0.3 is 14.6 Å². The molecule has 5 heteroatoms. The minimum atomic E-state index is -1.45. The molecule has 5 nitrogen and oxygen atoms in total. The van der Waals surface area contributed by atoms with E-state index in [1.165, 1.54) is 173 Å². The molecule has 0 saturated carbocycles. The predicted octanol–water partition coefficient (Wildman–Crippen LogP) is 13.6. The van der Waals surface area contributed by atoms with Gasteiger partial charge in [-0.1, -0.05) is 207 Å². The molecule has 0 aliphatic rings. The van der Waals surface area contributed by atoms with Gasteiger partial charge in [-0.25, -0.2) is 4.79 Å². The second-order valence-corrected chi connectivity index (χ2v) is 15.4. The van der Waals surface area contributed by atoms with Crippen LogP contribution in [0.4, 0.5) is 0 Å². The molecule has 0 spiro atoms. The van der Waals surface area contributed by atoms with Crippen molar-refractivity contribution in [3.63, 3.8) is 0 Å². The van der Waals surface area contributed by atoms with Crippen molar-refractivity contribution >= 4 is 11.9 Å². The van der Waals surface area contributed by atoms with Crippen molar-refractivity contribution in [2.45, 2.75) is 246 Å². The Morgan fingerprint density at radius 1 is 0.408 bits per heavy atom. The molecule has 0 aliphatic heterocycles. The Morgan fingerprint density at radius 2 is 0.673 bits per heavy atom. The van der Waals surface area contributed by atoms with Crippen LogP contribution in [0.2, 0.25) is 0 Å². The van der Waals surface area contributed by atoms with Gasteiger partial charge in [-0.3, -0.25) is 4.79 Å². The summed E-state index contributed by atoms with van der Waals surface area (Å²) in [6, 6.07) is 0. The fourth-order valence-electron chi connectivity index (χ4n) is 6.99. The Morgan fingerprint density at radius 3 is 0.980 bits per heavy atom. The maximum Gasteiger partial charge on any atom is 0.335 e. The van der Waals surface area contributed by atoms with Crippen molar-refractivity contribution < 1.29 is 24.2 Å². The van der Waals surface area contributed by atoms with Crippen LogP contribution < -0.4 is 0 Å². The molecule has 0 amide bonds. The molecule has 0 heterocycles. The summed E-state index contributed by atoms with van der Waals surface area (Å²) in [7, 11) is 0. The number of carbonyl (C=O) groups is 2. The number of carbonyl (C=O) groups excluding carboxylic acids is 2. The molecule has 3 unspecified atom stereocenters. The predicted molar refractivity (Wildman–Crippen MR) is 210 cm³/mol. The molecule has 0 saturated heterocycles. The van der Waals surface area contributed by atoms with E-state index in [2.05, 4.69) is 27.7 Å². The lowest BCUT2D eigenvalue weighted by molar-refractivity contribution is -0.161. The Bertz CT molecular complexity index is 695. The third-order valence-corrected chi connectivity index (χ3v) is 10.4. The first kappa shape index (κ1) is 47.9. The number of ether oxygens (including phenoxy) is 2. The van der Waals surface area contributed by atoms with E-state index in [1.807, 2.05) is 0 Å². The lowest BCUT2D eigenvalue weighted by Crippen LogP contribution is -2.29. The van der Waals surface area contributed by atoms with E-state index >= 15 is 0 Å².